The van der Waals surface area contributed by atoms with Crippen LogP contribution in [0.2, 0.25) is 0 Å². The van der Waals surface area contributed by atoms with Crippen LogP contribution in [0.4, 0.5) is 5.69 Å². The molecule has 0 saturated carbocycles. The molecule has 1 fully saturated rings. The van der Waals surface area contributed by atoms with Crippen LogP contribution >= 0.6 is 0 Å². The number of carboxylic acids is 1. The maximum absolute atomic E-state index is 11.7. The fraction of sp³-hybridized carbons (Fsp3) is 0.444. The monoisotopic (exact) mass is 224 g/mol. The highest BCUT2D eigenvalue weighted by molar-refractivity contribution is 5.91. The third-order valence-electron chi connectivity index (χ3n) is 2.68. The molecular weight excluding hydrogens is 212 g/mol. The van der Waals surface area contributed by atoms with E-state index in [2.05, 4.69) is 5.10 Å². The van der Waals surface area contributed by atoms with Gasteiger partial charge < -0.3 is 15.7 Å². The summed E-state index contributed by atoms with van der Waals surface area (Å²) < 4.78 is 1.34. The molecule has 2 rings (SSSR count). The van der Waals surface area contributed by atoms with Gasteiger partial charge in [-0.2, -0.15) is 5.10 Å². The SMILES string of the molecule is CN1CCC(n2cc(N)c(C(=O)O)n2)C1=O. The Bertz CT molecular complexity index is 454. The number of aromatic carboxylic acids is 1. The average Bonchev–Trinajstić information content (AvgIpc) is 2.73. The molecule has 7 heteroatoms. The lowest BCUT2D eigenvalue weighted by Crippen LogP contribution is -2.24. The number of hydrogen-bond acceptors (Lipinski definition) is 4. The van der Waals surface area contributed by atoms with Crippen LogP contribution in [0.1, 0.15) is 23.0 Å². The molecule has 3 N–H and O–H groups in total. The quantitative estimate of drug-likeness (QED) is 0.709. The Kier molecular flexibility index (Phi) is 2.30. The lowest BCUT2D eigenvalue weighted by Gasteiger charge is -2.09. The van der Waals surface area contributed by atoms with Crippen molar-refractivity contribution in [3.63, 3.8) is 0 Å². The van der Waals surface area contributed by atoms with Crippen molar-refractivity contribution >= 4 is 17.6 Å². The number of carbonyl (C=O) groups excluding carboxylic acids is 1. The van der Waals surface area contributed by atoms with Crippen LogP contribution in [0.15, 0.2) is 6.20 Å². The maximum atomic E-state index is 11.7. The Morgan fingerprint density at radius 3 is 2.81 bits per heavy atom. The standard InChI is InChI=1S/C9H12N4O3/c1-12-3-2-6(8(12)14)13-4-5(10)7(11-13)9(15)16/h4,6H,2-3,10H2,1H3,(H,15,16). The van der Waals surface area contributed by atoms with Gasteiger partial charge in [-0.1, -0.05) is 0 Å². The first-order chi connectivity index (χ1) is 7.50. The molecule has 1 atom stereocenters. The molecule has 0 aliphatic carbocycles. The van der Waals surface area contributed by atoms with Gasteiger partial charge in [-0.25, -0.2) is 4.79 Å². The molecule has 2 heterocycles. The molecule has 0 bridgehead atoms. The third kappa shape index (κ3) is 1.50. The Morgan fingerprint density at radius 2 is 2.38 bits per heavy atom. The van der Waals surface area contributed by atoms with E-state index in [0.29, 0.717) is 13.0 Å². The Balaban J connectivity index is 2.32. The van der Waals surface area contributed by atoms with Crippen molar-refractivity contribution in [1.82, 2.24) is 14.7 Å². The Hall–Kier alpha value is -2.05. The minimum Gasteiger partial charge on any atom is -0.476 e. The maximum Gasteiger partial charge on any atom is 0.358 e. The predicted octanol–water partition coefficient (Wildman–Crippen LogP) is -0.433. The number of nitrogens with two attached hydrogens (primary N) is 1. The van der Waals surface area contributed by atoms with Crippen LogP contribution in [-0.2, 0) is 4.79 Å². The van der Waals surface area contributed by atoms with E-state index in [9.17, 15) is 9.59 Å². The van der Waals surface area contributed by atoms with Crippen molar-refractivity contribution < 1.29 is 14.7 Å². The molecule has 0 radical (unpaired) electrons. The molecular formula is C9H12N4O3. The minimum atomic E-state index is -1.19. The van der Waals surface area contributed by atoms with Gasteiger partial charge in [0, 0.05) is 19.8 Å². The highest BCUT2D eigenvalue weighted by Crippen LogP contribution is 2.23. The van der Waals surface area contributed by atoms with E-state index >= 15 is 0 Å². The van der Waals surface area contributed by atoms with E-state index in [1.807, 2.05) is 0 Å². The van der Waals surface area contributed by atoms with E-state index in [0.717, 1.165) is 0 Å². The number of likely N-dealkylation sites (N-methyl/N-ethyl adjacent to an activating group) is 1. The van der Waals surface area contributed by atoms with Crippen LogP contribution in [0, 0.1) is 0 Å². The molecule has 7 nitrogen and oxygen atoms in total. The van der Waals surface area contributed by atoms with Crippen LogP contribution in [-0.4, -0.2) is 45.3 Å². The number of hydrogen-bond donors (Lipinski definition) is 2. The van der Waals surface area contributed by atoms with E-state index < -0.39 is 12.0 Å². The van der Waals surface area contributed by atoms with Crippen LogP contribution in [0.5, 0.6) is 0 Å². The molecule has 1 unspecified atom stereocenters. The fourth-order valence-electron chi connectivity index (χ4n) is 1.78. The lowest BCUT2D eigenvalue weighted by molar-refractivity contribution is -0.129. The summed E-state index contributed by atoms with van der Waals surface area (Å²) >= 11 is 0. The second kappa shape index (κ2) is 3.51. The number of aromatic nitrogens is 2. The number of carbonyl (C=O) groups is 2. The zero-order valence-corrected chi connectivity index (χ0v) is 8.75. The van der Waals surface area contributed by atoms with Gasteiger partial charge in [-0.15, -0.1) is 0 Å². The second-order valence-electron chi connectivity index (χ2n) is 3.78. The Morgan fingerprint density at radius 1 is 1.69 bits per heavy atom. The molecule has 0 aromatic carbocycles. The van der Waals surface area contributed by atoms with Crippen molar-refractivity contribution in [2.45, 2.75) is 12.5 Å². The molecule has 1 aromatic heterocycles. The van der Waals surface area contributed by atoms with Crippen molar-refractivity contribution in [2.24, 2.45) is 0 Å². The number of carboxylic acid groups (broad SMARTS) is 1. The normalized spacial score (nSPS) is 20.4. The number of nitrogens with zero attached hydrogens (tertiary/aromatic N) is 3. The van der Waals surface area contributed by atoms with Crippen LogP contribution < -0.4 is 5.73 Å². The summed E-state index contributed by atoms with van der Waals surface area (Å²) in [6.07, 6.45) is 2.01. The molecule has 1 amide bonds. The number of nitrogen functional groups attached to an aromatic ring is 1. The smallest absolute Gasteiger partial charge is 0.358 e. The molecule has 0 spiro atoms. The topological polar surface area (TPSA) is 101 Å². The summed E-state index contributed by atoms with van der Waals surface area (Å²) in [6, 6.07) is -0.430. The first kappa shape index (κ1) is 10.5. The van der Waals surface area contributed by atoms with Crippen molar-refractivity contribution in [1.29, 1.82) is 0 Å². The van der Waals surface area contributed by atoms with Crippen molar-refractivity contribution in [3.8, 4) is 0 Å². The van der Waals surface area contributed by atoms with Gasteiger partial charge in [-0.3, -0.25) is 9.48 Å². The van der Waals surface area contributed by atoms with Gasteiger partial charge in [0.2, 0.25) is 5.91 Å². The summed E-state index contributed by atoms with van der Waals surface area (Å²) in [5, 5.41) is 12.6. The molecule has 1 aliphatic heterocycles. The van der Waals surface area contributed by atoms with Crippen LogP contribution in [0.25, 0.3) is 0 Å². The number of anilines is 1. The number of amides is 1. The van der Waals surface area contributed by atoms with Crippen molar-refractivity contribution in [3.05, 3.63) is 11.9 Å². The summed E-state index contributed by atoms with van der Waals surface area (Å²) in [4.78, 5) is 24.0. The summed E-state index contributed by atoms with van der Waals surface area (Å²) in [5.74, 6) is -1.26. The van der Waals surface area contributed by atoms with Gasteiger partial charge in [0.25, 0.3) is 0 Å². The molecule has 1 aromatic rings. The summed E-state index contributed by atoms with van der Waals surface area (Å²) in [6.45, 7) is 0.645. The Labute approximate surface area is 91.4 Å². The zero-order valence-electron chi connectivity index (χ0n) is 8.75. The molecule has 86 valence electrons. The van der Waals surface area contributed by atoms with Crippen molar-refractivity contribution in [2.75, 3.05) is 19.3 Å². The largest absolute Gasteiger partial charge is 0.476 e. The first-order valence-corrected chi connectivity index (χ1v) is 4.83. The summed E-state index contributed by atoms with van der Waals surface area (Å²) in [7, 11) is 1.70. The van der Waals surface area contributed by atoms with Gasteiger partial charge in [0.15, 0.2) is 5.69 Å². The third-order valence-corrected chi connectivity index (χ3v) is 2.68. The number of rotatable bonds is 2. The minimum absolute atomic E-state index is 0.0700. The molecule has 16 heavy (non-hydrogen) atoms. The highest BCUT2D eigenvalue weighted by atomic mass is 16.4. The van der Waals surface area contributed by atoms with E-state index in [1.165, 1.54) is 10.9 Å². The van der Waals surface area contributed by atoms with E-state index in [4.69, 9.17) is 10.8 Å². The van der Waals surface area contributed by atoms with E-state index in [1.54, 1.807) is 11.9 Å². The molecule has 1 saturated heterocycles. The van der Waals surface area contributed by atoms with Gasteiger partial charge in [0.1, 0.15) is 6.04 Å². The van der Waals surface area contributed by atoms with E-state index in [-0.39, 0.29) is 17.3 Å². The van der Waals surface area contributed by atoms with Gasteiger partial charge in [0.05, 0.1) is 5.69 Å². The van der Waals surface area contributed by atoms with Gasteiger partial charge >= 0.3 is 5.97 Å². The van der Waals surface area contributed by atoms with Crippen LogP contribution in [0.3, 0.4) is 0 Å². The zero-order chi connectivity index (χ0) is 11.9. The fourth-order valence-corrected chi connectivity index (χ4v) is 1.78. The average molecular weight is 224 g/mol. The molecule has 1 aliphatic rings. The first-order valence-electron chi connectivity index (χ1n) is 4.83. The lowest BCUT2D eigenvalue weighted by atomic mass is 10.2. The van der Waals surface area contributed by atoms with Gasteiger partial charge in [-0.05, 0) is 6.42 Å². The predicted molar refractivity (Wildman–Crippen MR) is 54.9 cm³/mol. The summed E-state index contributed by atoms with van der Waals surface area (Å²) in [5.41, 5.74) is 5.37. The second-order valence-corrected chi connectivity index (χ2v) is 3.78. The highest BCUT2D eigenvalue weighted by Gasteiger charge is 2.32. The number of likely N-dealkylation sites (tertiary alicyclic amines) is 1.